The Morgan fingerprint density at radius 2 is 1.83 bits per heavy atom. The molecule has 0 aromatic heterocycles. The van der Waals surface area contributed by atoms with Crippen molar-refractivity contribution in [3.05, 3.63) is 35.7 Å². The molecule has 0 aliphatic rings. The summed E-state index contributed by atoms with van der Waals surface area (Å²) in [6.07, 6.45) is 1.82. The Labute approximate surface area is 109 Å². The SMILES string of the molecule is C[C](C)C[C@H](C=O)[C@@H](c1ccc(O)cc1)N(C)C. The van der Waals surface area contributed by atoms with E-state index in [1.165, 1.54) is 5.92 Å². The fourth-order valence-electron chi connectivity index (χ4n) is 2.31. The van der Waals surface area contributed by atoms with Crippen molar-refractivity contribution in [2.24, 2.45) is 5.92 Å². The molecule has 18 heavy (non-hydrogen) atoms. The molecule has 0 fully saturated rings. The minimum Gasteiger partial charge on any atom is -0.508 e. The zero-order chi connectivity index (χ0) is 13.7. The van der Waals surface area contributed by atoms with Crippen molar-refractivity contribution < 1.29 is 9.90 Å². The molecule has 0 amide bonds. The van der Waals surface area contributed by atoms with Crippen molar-refractivity contribution in [2.75, 3.05) is 14.1 Å². The summed E-state index contributed by atoms with van der Waals surface area (Å²) in [6, 6.07) is 7.12. The first-order valence-electron chi connectivity index (χ1n) is 6.15. The summed E-state index contributed by atoms with van der Waals surface area (Å²) in [4.78, 5) is 13.4. The van der Waals surface area contributed by atoms with Gasteiger partial charge in [-0.3, -0.25) is 0 Å². The fraction of sp³-hybridized carbons (Fsp3) is 0.467. The maximum Gasteiger partial charge on any atom is 0.125 e. The lowest BCUT2D eigenvalue weighted by Gasteiger charge is -2.30. The topological polar surface area (TPSA) is 40.5 Å². The first-order valence-corrected chi connectivity index (χ1v) is 6.15. The molecule has 0 heterocycles. The van der Waals surface area contributed by atoms with Crippen LogP contribution in [0.5, 0.6) is 5.75 Å². The molecule has 0 saturated heterocycles. The van der Waals surface area contributed by atoms with Gasteiger partial charge >= 0.3 is 0 Å². The lowest BCUT2D eigenvalue weighted by atomic mass is 9.87. The van der Waals surface area contributed by atoms with E-state index in [2.05, 4.69) is 0 Å². The van der Waals surface area contributed by atoms with Crippen LogP contribution in [0, 0.1) is 11.8 Å². The van der Waals surface area contributed by atoms with Crippen LogP contribution in [0.25, 0.3) is 0 Å². The summed E-state index contributed by atoms with van der Waals surface area (Å²) in [5.74, 6) is 1.43. The van der Waals surface area contributed by atoms with Gasteiger partial charge in [-0.15, -0.1) is 0 Å². The Bertz CT molecular complexity index is 371. The molecular weight excluding hydrogens is 226 g/mol. The molecule has 0 aliphatic carbocycles. The van der Waals surface area contributed by atoms with Crippen LogP contribution in [0.1, 0.15) is 31.9 Å². The Balaban J connectivity index is 3.00. The van der Waals surface area contributed by atoms with Crippen molar-refractivity contribution in [3.8, 4) is 5.75 Å². The molecule has 1 radical (unpaired) electrons. The highest BCUT2D eigenvalue weighted by atomic mass is 16.3. The van der Waals surface area contributed by atoms with Crippen LogP contribution in [0.3, 0.4) is 0 Å². The zero-order valence-electron chi connectivity index (χ0n) is 11.6. The van der Waals surface area contributed by atoms with Gasteiger partial charge in [0.2, 0.25) is 0 Å². The Morgan fingerprint density at radius 1 is 1.28 bits per heavy atom. The molecule has 99 valence electrons. The van der Waals surface area contributed by atoms with Gasteiger partial charge in [0.25, 0.3) is 0 Å². The van der Waals surface area contributed by atoms with Crippen LogP contribution in [0.15, 0.2) is 24.3 Å². The average Bonchev–Trinajstić information content (AvgIpc) is 2.29. The lowest BCUT2D eigenvalue weighted by Crippen LogP contribution is -2.29. The van der Waals surface area contributed by atoms with E-state index >= 15 is 0 Å². The van der Waals surface area contributed by atoms with Gasteiger partial charge in [-0.1, -0.05) is 26.0 Å². The fourth-order valence-corrected chi connectivity index (χ4v) is 2.31. The molecule has 3 heteroatoms. The molecule has 3 nitrogen and oxygen atoms in total. The third kappa shape index (κ3) is 3.84. The number of phenols is 1. The highest BCUT2D eigenvalue weighted by Gasteiger charge is 2.25. The molecule has 0 saturated carbocycles. The van der Waals surface area contributed by atoms with Crippen molar-refractivity contribution in [1.29, 1.82) is 0 Å². The third-order valence-corrected chi connectivity index (χ3v) is 3.02. The van der Waals surface area contributed by atoms with Crippen LogP contribution < -0.4 is 0 Å². The quantitative estimate of drug-likeness (QED) is 0.787. The van der Waals surface area contributed by atoms with E-state index in [1.807, 2.05) is 45.0 Å². The van der Waals surface area contributed by atoms with Crippen LogP contribution >= 0.6 is 0 Å². The summed E-state index contributed by atoms with van der Waals surface area (Å²) < 4.78 is 0. The zero-order valence-corrected chi connectivity index (χ0v) is 11.6. The van der Waals surface area contributed by atoms with Gasteiger partial charge in [-0.25, -0.2) is 0 Å². The maximum absolute atomic E-state index is 11.3. The summed E-state index contributed by atoms with van der Waals surface area (Å²) in [7, 11) is 3.94. The second-order valence-corrected chi connectivity index (χ2v) is 5.21. The largest absolute Gasteiger partial charge is 0.508 e. The van der Waals surface area contributed by atoms with E-state index in [0.29, 0.717) is 0 Å². The highest BCUT2D eigenvalue weighted by molar-refractivity contribution is 5.56. The van der Waals surface area contributed by atoms with Gasteiger partial charge in [0.15, 0.2) is 0 Å². The number of nitrogens with zero attached hydrogens (tertiary/aromatic N) is 1. The molecule has 0 aliphatic heterocycles. The highest BCUT2D eigenvalue weighted by Crippen LogP contribution is 2.31. The van der Waals surface area contributed by atoms with E-state index in [1.54, 1.807) is 12.1 Å². The number of carbonyl (C=O) groups excluding carboxylic acids is 1. The number of aldehydes is 1. The van der Waals surface area contributed by atoms with Crippen molar-refractivity contribution in [3.63, 3.8) is 0 Å². The Morgan fingerprint density at radius 3 is 2.22 bits per heavy atom. The molecule has 1 aromatic carbocycles. The summed E-state index contributed by atoms with van der Waals surface area (Å²) in [5, 5.41) is 9.33. The minimum absolute atomic E-state index is 0.0398. The number of hydrogen-bond donors (Lipinski definition) is 1. The number of hydrogen-bond acceptors (Lipinski definition) is 3. The van der Waals surface area contributed by atoms with Crippen LogP contribution in [0.4, 0.5) is 0 Å². The van der Waals surface area contributed by atoms with E-state index in [-0.39, 0.29) is 17.7 Å². The van der Waals surface area contributed by atoms with Crippen LogP contribution in [-0.2, 0) is 4.79 Å². The number of benzene rings is 1. The smallest absolute Gasteiger partial charge is 0.125 e. The minimum atomic E-state index is -0.0606. The van der Waals surface area contributed by atoms with E-state index in [4.69, 9.17) is 0 Å². The Kier molecular flexibility index (Phi) is 5.35. The first kappa shape index (κ1) is 14.7. The number of phenolic OH excluding ortho intramolecular Hbond substituents is 1. The lowest BCUT2D eigenvalue weighted by molar-refractivity contribution is -0.113. The van der Waals surface area contributed by atoms with Gasteiger partial charge in [-0.05, 0) is 44.1 Å². The third-order valence-electron chi connectivity index (χ3n) is 3.02. The standard InChI is InChI=1S/C15H22NO2/c1-11(2)9-13(10-17)15(16(3)4)12-5-7-14(18)8-6-12/h5-8,10,13,15,18H,9H2,1-4H3/t13-,15-/m1/s1. The van der Waals surface area contributed by atoms with E-state index in [9.17, 15) is 9.90 Å². The van der Waals surface area contributed by atoms with Crippen LogP contribution in [0.2, 0.25) is 0 Å². The summed E-state index contributed by atoms with van der Waals surface area (Å²) >= 11 is 0. The predicted molar refractivity (Wildman–Crippen MR) is 73.3 cm³/mol. The van der Waals surface area contributed by atoms with E-state index in [0.717, 1.165) is 18.3 Å². The van der Waals surface area contributed by atoms with Gasteiger partial charge in [0, 0.05) is 12.0 Å². The molecule has 2 atom stereocenters. The van der Waals surface area contributed by atoms with Gasteiger partial charge in [-0.2, -0.15) is 0 Å². The van der Waals surface area contributed by atoms with Crippen molar-refractivity contribution in [2.45, 2.75) is 26.3 Å². The maximum atomic E-state index is 11.3. The molecular formula is C15H22NO2. The van der Waals surface area contributed by atoms with E-state index < -0.39 is 0 Å². The predicted octanol–water partition coefficient (Wildman–Crippen LogP) is 2.81. The average molecular weight is 248 g/mol. The van der Waals surface area contributed by atoms with Crippen LogP contribution in [-0.4, -0.2) is 30.4 Å². The molecule has 1 rings (SSSR count). The first-order chi connectivity index (χ1) is 8.45. The summed E-state index contributed by atoms with van der Waals surface area (Å²) in [6.45, 7) is 4.08. The van der Waals surface area contributed by atoms with Gasteiger partial charge in [0.1, 0.15) is 12.0 Å². The normalized spacial score (nSPS) is 14.8. The molecule has 1 aromatic rings. The molecule has 0 unspecified atom stereocenters. The number of rotatable bonds is 6. The molecule has 1 N–H and O–H groups in total. The Hall–Kier alpha value is -1.35. The monoisotopic (exact) mass is 248 g/mol. The molecule has 0 spiro atoms. The van der Waals surface area contributed by atoms with Gasteiger partial charge < -0.3 is 14.8 Å². The van der Waals surface area contributed by atoms with Gasteiger partial charge in [0.05, 0.1) is 0 Å². The number of carbonyl (C=O) groups is 1. The second kappa shape index (κ2) is 6.55. The second-order valence-electron chi connectivity index (χ2n) is 5.21. The number of aromatic hydroxyl groups is 1. The molecule has 0 bridgehead atoms. The summed E-state index contributed by atoms with van der Waals surface area (Å²) in [5.41, 5.74) is 1.05. The van der Waals surface area contributed by atoms with Crippen molar-refractivity contribution >= 4 is 6.29 Å². The van der Waals surface area contributed by atoms with Crippen molar-refractivity contribution in [1.82, 2.24) is 4.90 Å².